The van der Waals surface area contributed by atoms with Gasteiger partial charge >= 0.3 is 0 Å². The Kier molecular flexibility index (Phi) is 4.61. The predicted molar refractivity (Wildman–Crippen MR) is 67.4 cm³/mol. The first-order valence-corrected chi connectivity index (χ1v) is 5.67. The Hall–Kier alpha value is -1.23. The molecule has 4 nitrogen and oxygen atoms in total. The molecule has 1 rings (SSSR count). The first-order valence-electron chi connectivity index (χ1n) is 4.88. The first-order chi connectivity index (χ1) is 7.49. The molecule has 0 saturated heterocycles. The number of hydrogen-bond donors (Lipinski definition) is 1. The molecular weight excluding hydrogens is 272 g/mol. The third-order valence-electron chi connectivity index (χ3n) is 1.98. The average Bonchev–Trinajstić information content (AvgIpc) is 2.15. The standard InChI is InChI=1S/C11H15BrN2O2/c1-14(2)11(15)3-4-16-10-6-8(12)5-9(13)7-10/h5-7H,3-4,13H2,1-2H3. The summed E-state index contributed by atoms with van der Waals surface area (Å²) in [5.74, 6) is 0.710. The highest BCUT2D eigenvalue weighted by molar-refractivity contribution is 9.10. The van der Waals surface area contributed by atoms with Gasteiger partial charge in [0.2, 0.25) is 5.91 Å². The maximum Gasteiger partial charge on any atom is 0.225 e. The largest absolute Gasteiger partial charge is 0.493 e. The second kappa shape index (κ2) is 5.75. The van der Waals surface area contributed by atoms with E-state index >= 15 is 0 Å². The summed E-state index contributed by atoms with van der Waals surface area (Å²) in [5, 5.41) is 0. The van der Waals surface area contributed by atoms with Gasteiger partial charge in [-0.2, -0.15) is 0 Å². The van der Waals surface area contributed by atoms with Crippen molar-refractivity contribution in [2.45, 2.75) is 6.42 Å². The number of nitrogen functional groups attached to an aromatic ring is 1. The molecule has 5 heteroatoms. The van der Waals surface area contributed by atoms with Crippen LogP contribution < -0.4 is 10.5 Å². The molecule has 1 amide bonds. The normalized spacial score (nSPS) is 9.94. The quantitative estimate of drug-likeness (QED) is 0.860. The molecule has 0 aliphatic rings. The van der Waals surface area contributed by atoms with Crippen molar-refractivity contribution in [3.05, 3.63) is 22.7 Å². The number of rotatable bonds is 4. The van der Waals surface area contributed by atoms with Gasteiger partial charge in [-0.15, -0.1) is 0 Å². The lowest BCUT2D eigenvalue weighted by Gasteiger charge is -2.11. The van der Waals surface area contributed by atoms with Crippen molar-refractivity contribution < 1.29 is 9.53 Å². The highest BCUT2D eigenvalue weighted by atomic mass is 79.9. The van der Waals surface area contributed by atoms with Crippen molar-refractivity contribution in [2.75, 3.05) is 26.4 Å². The van der Waals surface area contributed by atoms with Crippen LogP contribution >= 0.6 is 15.9 Å². The number of ether oxygens (including phenoxy) is 1. The van der Waals surface area contributed by atoms with Gasteiger partial charge in [-0.05, 0) is 12.1 Å². The van der Waals surface area contributed by atoms with E-state index in [1.165, 1.54) is 0 Å². The molecule has 0 saturated carbocycles. The molecule has 0 unspecified atom stereocenters. The van der Waals surface area contributed by atoms with Crippen molar-refractivity contribution in [3.63, 3.8) is 0 Å². The second-order valence-electron chi connectivity index (χ2n) is 3.61. The van der Waals surface area contributed by atoms with E-state index in [9.17, 15) is 4.79 Å². The monoisotopic (exact) mass is 286 g/mol. The molecule has 0 fully saturated rings. The summed E-state index contributed by atoms with van der Waals surface area (Å²) in [6, 6.07) is 5.33. The van der Waals surface area contributed by atoms with Gasteiger partial charge in [0.15, 0.2) is 0 Å². The van der Waals surface area contributed by atoms with Crippen LogP contribution in [0.5, 0.6) is 5.75 Å². The molecule has 2 N–H and O–H groups in total. The summed E-state index contributed by atoms with van der Waals surface area (Å²) in [6.45, 7) is 0.354. The summed E-state index contributed by atoms with van der Waals surface area (Å²) in [7, 11) is 3.44. The highest BCUT2D eigenvalue weighted by Crippen LogP contribution is 2.22. The van der Waals surface area contributed by atoms with Crippen LogP contribution in [0, 0.1) is 0 Å². The SMILES string of the molecule is CN(C)C(=O)CCOc1cc(N)cc(Br)c1. The topological polar surface area (TPSA) is 55.6 Å². The van der Waals surface area contributed by atoms with Crippen LogP contribution in [0.15, 0.2) is 22.7 Å². The molecule has 0 aromatic heterocycles. The fourth-order valence-corrected chi connectivity index (χ4v) is 1.64. The Balaban J connectivity index is 2.46. The minimum absolute atomic E-state index is 0.0444. The van der Waals surface area contributed by atoms with E-state index in [4.69, 9.17) is 10.5 Å². The van der Waals surface area contributed by atoms with Crippen LogP contribution in [0.25, 0.3) is 0 Å². The van der Waals surface area contributed by atoms with E-state index < -0.39 is 0 Å². The van der Waals surface area contributed by atoms with Gasteiger partial charge in [-0.25, -0.2) is 0 Å². The number of carbonyl (C=O) groups is 1. The Morgan fingerprint density at radius 1 is 1.44 bits per heavy atom. The van der Waals surface area contributed by atoms with Gasteiger partial charge in [0.1, 0.15) is 5.75 Å². The lowest BCUT2D eigenvalue weighted by Crippen LogP contribution is -2.23. The van der Waals surface area contributed by atoms with Crippen molar-refractivity contribution in [1.82, 2.24) is 4.90 Å². The number of nitrogens with two attached hydrogens (primary N) is 1. The second-order valence-corrected chi connectivity index (χ2v) is 4.52. The van der Waals surface area contributed by atoms with Crippen molar-refractivity contribution in [2.24, 2.45) is 0 Å². The summed E-state index contributed by atoms with van der Waals surface area (Å²) in [5.41, 5.74) is 6.28. The zero-order valence-electron chi connectivity index (χ0n) is 9.37. The Labute approximate surface area is 103 Å². The summed E-state index contributed by atoms with van der Waals surface area (Å²) >= 11 is 3.32. The van der Waals surface area contributed by atoms with Crippen molar-refractivity contribution in [3.8, 4) is 5.75 Å². The summed E-state index contributed by atoms with van der Waals surface area (Å²) < 4.78 is 6.29. The fourth-order valence-electron chi connectivity index (χ4n) is 1.15. The number of benzene rings is 1. The van der Waals surface area contributed by atoms with E-state index in [0.29, 0.717) is 24.5 Å². The third kappa shape index (κ3) is 4.10. The van der Waals surface area contributed by atoms with Crippen LogP contribution in [0.4, 0.5) is 5.69 Å². The van der Waals surface area contributed by atoms with Crippen LogP contribution in [0.3, 0.4) is 0 Å². The number of nitrogens with zero attached hydrogens (tertiary/aromatic N) is 1. The smallest absolute Gasteiger partial charge is 0.225 e. The molecule has 88 valence electrons. The fraction of sp³-hybridized carbons (Fsp3) is 0.364. The number of amides is 1. The lowest BCUT2D eigenvalue weighted by atomic mass is 10.3. The van der Waals surface area contributed by atoms with E-state index in [2.05, 4.69) is 15.9 Å². The molecule has 0 aliphatic carbocycles. The minimum Gasteiger partial charge on any atom is -0.493 e. The minimum atomic E-state index is 0.0444. The Morgan fingerprint density at radius 3 is 2.69 bits per heavy atom. The van der Waals surface area contributed by atoms with Gasteiger partial charge < -0.3 is 15.4 Å². The van der Waals surface area contributed by atoms with E-state index in [-0.39, 0.29) is 5.91 Å². The molecule has 0 radical (unpaired) electrons. The van der Waals surface area contributed by atoms with Crippen molar-refractivity contribution in [1.29, 1.82) is 0 Å². The van der Waals surface area contributed by atoms with Gasteiger partial charge in [-0.3, -0.25) is 4.79 Å². The summed E-state index contributed by atoms with van der Waals surface area (Å²) in [6.07, 6.45) is 0.361. The maximum absolute atomic E-state index is 11.3. The molecule has 0 atom stereocenters. The van der Waals surface area contributed by atoms with E-state index in [0.717, 1.165) is 4.47 Å². The lowest BCUT2D eigenvalue weighted by molar-refractivity contribution is -0.129. The van der Waals surface area contributed by atoms with Gasteiger partial charge in [0, 0.05) is 30.3 Å². The highest BCUT2D eigenvalue weighted by Gasteiger charge is 2.04. The van der Waals surface area contributed by atoms with Gasteiger partial charge in [-0.1, -0.05) is 15.9 Å². The third-order valence-corrected chi connectivity index (χ3v) is 2.43. The van der Waals surface area contributed by atoms with Gasteiger partial charge in [0.25, 0.3) is 0 Å². The molecule has 0 bridgehead atoms. The molecule has 0 spiro atoms. The molecule has 0 aliphatic heterocycles. The molecule has 0 heterocycles. The molecular formula is C11H15BrN2O2. The van der Waals surface area contributed by atoms with Crippen LogP contribution in [0.2, 0.25) is 0 Å². The molecule has 1 aromatic rings. The zero-order valence-corrected chi connectivity index (χ0v) is 11.0. The van der Waals surface area contributed by atoms with Crippen LogP contribution in [0.1, 0.15) is 6.42 Å². The molecule has 16 heavy (non-hydrogen) atoms. The maximum atomic E-state index is 11.3. The first kappa shape index (κ1) is 12.8. The number of hydrogen-bond acceptors (Lipinski definition) is 3. The number of carbonyl (C=O) groups excluding carboxylic acids is 1. The average molecular weight is 287 g/mol. The Bertz CT molecular complexity index is 360. The van der Waals surface area contributed by atoms with E-state index in [1.807, 2.05) is 6.07 Å². The zero-order chi connectivity index (χ0) is 12.1. The Morgan fingerprint density at radius 2 is 2.12 bits per heavy atom. The predicted octanol–water partition coefficient (Wildman–Crippen LogP) is 1.89. The summed E-state index contributed by atoms with van der Waals surface area (Å²) in [4.78, 5) is 12.8. The van der Waals surface area contributed by atoms with Crippen LogP contribution in [-0.2, 0) is 4.79 Å². The van der Waals surface area contributed by atoms with Crippen molar-refractivity contribution >= 4 is 27.5 Å². The number of halogens is 1. The van der Waals surface area contributed by atoms with E-state index in [1.54, 1.807) is 31.1 Å². The van der Waals surface area contributed by atoms with Gasteiger partial charge in [0.05, 0.1) is 13.0 Å². The number of anilines is 1. The van der Waals surface area contributed by atoms with Crippen LogP contribution in [-0.4, -0.2) is 31.5 Å². The molecule has 1 aromatic carbocycles.